The second kappa shape index (κ2) is 11.4. The van der Waals surface area contributed by atoms with E-state index >= 15 is 0 Å². The summed E-state index contributed by atoms with van der Waals surface area (Å²) in [7, 11) is -4.04. The minimum Gasteiger partial charge on any atom is -0.748 e. The molecule has 0 aliphatic heterocycles. The van der Waals surface area contributed by atoms with E-state index in [2.05, 4.69) is 6.92 Å². The van der Waals surface area contributed by atoms with E-state index in [1.807, 2.05) is 0 Å². The van der Waals surface area contributed by atoms with Gasteiger partial charge < -0.3 is 4.55 Å². The van der Waals surface area contributed by atoms with Crippen LogP contribution >= 0.6 is 0 Å². The number of rotatable bonds is 12. The van der Waals surface area contributed by atoms with Gasteiger partial charge in [0.05, 0.1) is 10.1 Å². The molecule has 1 fully saturated rings. The zero-order valence-corrected chi connectivity index (χ0v) is 15.2. The average molecular weight is 332 g/mol. The van der Waals surface area contributed by atoms with Gasteiger partial charge in [-0.2, -0.15) is 0 Å². The van der Waals surface area contributed by atoms with Crippen molar-refractivity contribution in [2.24, 2.45) is 5.92 Å². The molecule has 3 nitrogen and oxygen atoms in total. The summed E-state index contributed by atoms with van der Waals surface area (Å²) in [6.07, 6.45) is 17.9. The molecule has 0 aromatic carbocycles. The summed E-state index contributed by atoms with van der Waals surface area (Å²) in [5.74, 6) is 0.659. The fraction of sp³-hybridized carbons (Fsp3) is 1.00. The molecule has 0 aromatic heterocycles. The Bertz CT molecular complexity index is 357. The van der Waals surface area contributed by atoms with Crippen LogP contribution < -0.4 is 0 Å². The van der Waals surface area contributed by atoms with E-state index in [-0.39, 0.29) is 0 Å². The summed E-state index contributed by atoms with van der Waals surface area (Å²) < 4.78 is 32.9. The Balaban J connectivity index is 1.90. The summed E-state index contributed by atoms with van der Waals surface area (Å²) in [6, 6.07) is 0. The van der Waals surface area contributed by atoms with Gasteiger partial charge in [-0.1, -0.05) is 77.6 Å². The Morgan fingerprint density at radius 3 is 1.68 bits per heavy atom. The molecule has 0 atom stereocenters. The lowest BCUT2D eigenvalue weighted by Gasteiger charge is -2.30. The predicted octanol–water partition coefficient (Wildman–Crippen LogP) is 5.40. The molecule has 0 amide bonds. The van der Waals surface area contributed by atoms with Gasteiger partial charge in [-0.3, -0.25) is 0 Å². The van der Waals surface area contributed by atoms with E-state index < -0.39 is 15.4 Å². The Kier molecular flexibility index (Phi) is 10.4. The molecule has 0 aromatic rings. The molecule has 0 spiro atoms. The summed E-state index contributed by atoms with van der Waals surface area (Å²) in [5.41, 5.74) is 0. The van der Waals surface area contributed by atoms with E-state index in [1.54, 1.807) is 0 Å². The highest BCUT2D eigenvalue weighted by molar-refractivity contribution is 7.86. The van der Waals surface area contributed by atoms with Crippen LogP contribution in [0.5, 0.6) is 0 Å². The summed E-state index contributed by atoms with van der Waals surface area (Å²) in [4.78, 5) is 0. The lowest BCUT2D eigenvalue weighted by Crippen LogP contribution is -2.26. The van der Waals surface area contributed by atoms with Crippen molar-refractivity contribution in [3.63, 3.8) is 0 Å². The fourth-order valence-electron chi connectivity index (χ4n) is 3.63. The molecule has 0 saturated heterocycles. The van der Waals surface area contributed by atoms with Gasteiger partial charge in [-0.25, -0.2) is 8.42 Å². The maximum absolute atomic E-state index is 11.0. The molecule has 0 N–H and O–H groups in total. The van der Waals surface area contributed by atoms with E-state index in [1.165, 1.54) is 70.6 Å². The fourth-order valence-corrected chi connectivity index (χ4v) is 4.48. The van der Waals surface area contributed by atoms with E-state index in [9.17, 15) is 13.0 Å². The first kappa shape index (κ1) is 20.0. The number of hydrogen-bond donors (Lipinski definition) is 0. The maximum Gasteiger partial charge on any atom is 0.0975 e. The van der Waals surface area contributed by atoms with Crippen molar-refractivity contribution in [2.45, 2.75) is 108 Å². The second-order valence-electron chi connectivity index (χ2n) is 7.11. The largest absolute Gasteiger partial charge is 0.748 e. The van der Waals surface area contributed by atoms with Crippen molar-refractivity contribution in [1.82, 2.24) is 0 Å². The second-order valence-corrected chi connectivity index (χ2v) is 8.76. The third kappa shape index (κ3) is 9.14. The SMILES string of the molecule is CCCCCCCCCCCCC1CCC(S(=O)(=O)[O-])CC1. The predicted molar refractivity (Wildman–Crippen MR) is 91.9 cm³/mol. The van der Waals surface area contributed by atoms with Crippen LogP contribution in [0, 0.1) is 5.92 Å². The third-order valence-corrected chi connectivity index (χ3v) is 6.46. The monoisotopic (exact) mass is 331 g/mol. The van der Waals surface area contributed by atoms with Crippen molar-refractivity contribution >= 4 is 10.1 Å². The molecule has 1 rings (SSSR count). The summed E-state index contributed by atoms with van der Waals surface area (Å²) in [5, 5.41) is -0.601. The van der Waals surface area contributed by atoms with Crippen molar-refractivity contribution in [3.8, 4) is 0 Å². The maximum atomic E-state index is 11.0. The lowest BCUT2D eigenvalue weighted by atomic mass is 9.85. The van der Waals surface area contributed by atoms with Crippen LogP contribution in [0.2, 0.25) is 0 Å². The normalized spacial score (nSPS) is 22.8. The van der Waals surface area contributed by atoms with Crippen molar-refractivity contribution < 1.29 is 13.0 Å². The van der Waals surface area contributed by atoms with Crippen LogP contribution in [0.15, 0.2) is 0 Å². The van der Waals surface area contributed by atoms with Crippen LogP contribution in [0.25, 0.3) is 0 Å². The summed E-state index contributed by atoms with van der Waals surface area (Å²) >= 11 is 0. The molecule has 22 heavy (non-hydrogen) atoms. The topological polar surface area (TPSA) is 57.2 Å². The van der Waals surface area contributed by atoms with Gasteiger partial charge in [0.15, 0.2) is 0 Å². The zero-order valence-electron chi connectivity index (χ0n) is 14.4. The van der Waals surface area contributed by atoms with Gasteiger partial charge in [0.2, 0.25) is 0 Å². The minimum absolute atomic E-state index is 0.592. The van der Waals surface area contributed by atoms with Gasteiger partial charge >= 0.3 is 0 Å². The van der Waals surface area contributed by atoms with Crippen LogP contribution in [-0.4, -0.2) is 18.2 Å². The zero-order chi connectivity index (χ0) is 16.3. The summed E-state index contributed by atoms with van der Waals surface area (Å²) in [6.45, 7) is 2.26. The molecular formula is C18H35O3S-. The van der Waals surface area contributed by atoms with Crippen molar-refractivity contribution in [3.05, 3.63) is 0 Å². The van der Waals surface area contributed by atoms with Crippen molar-refractivity contribution in [2.75, 3.05) is 0 Å². The molecule has 0 radical (unpaired) electrons. The Hall–Kier alpha value is -0.0900. The first-order valence-electron chi connectivity index (χ1n) is 9.48. The Labute approximate surface area is 138 Å². The molecule has 132 valence electrons. The van der Waals surface area contributed by atoms with E-state index in [4.69, 9.17) is 0 Å². The van der Waals surface area contributed by atoms with Crippen LogP contribution in [-0.2, 0) is 10.1 Å². The Morgan fingerprint density at radius 1 is 0.773 bits per heavy atom. The highest BCUT2D eigenvalue weighted by Gasteiger charge is 2.24. The molecule has 0 bridgehead atoms. The highest BCUT2D eigenvalue weighted by atomic mass is 32.2. The van der Waals surface area contributed by atoms with E-state index in [0.29, 0.717) is 18.8 Å². The molecule has 0 unspecified atom stereocenters. The molecule has 1 aliphatic carbocycles. The smallest absolute Gasteiger partial charge is 0.0975 e. The molecule has 1 saturated carbocycles. The molecule has 4 heteroatoms. The first-order valence-corrected chi connectivity index (χ1v) is 11.0. The van der Waals surface area contributed by atoms with Crippen LogP contribution in [0.3, 0.4) is 0 Å². The minimum atomic E-state index is -4.04. The van der Waals surface area contributed by atoms with Crippen molar-refractivity contribution in [1.29, 1.82) is 0 Å². The molecule has 0 heterocycles. The van der Waals surface area contributed by atoms with Gasteiger partial charge in [0.1, 0.15) is 0 Å². The van der Waals surface area contributed by atoms with Crippen LogP contribution in [0.4, 0.5) is 0 Å². The first-order chi connectivity index (χ1) is 10.5. The Morgan fingerprint density at radius 2 is 1.23 bits per heavy atom. The number of hydrogen-bond acceptors (Lipinski definition) is 3. The lowest BCUT2D eigenvalue weighted by molar-refractivity contribution is 0.316. The van der Waals surface area contributed by atoms with Gasteiger partial charge in [-0.05, 0) is 31.6 Å². The number of unbranched alkanes of at least 4 members (excludes halogenated alkanes) is 9. The van der Waals surface area contributed by atoms with Gasteiger partial charge in [0.25, 0.3) is 0 Å². The highest BCUT2D eigenvalue weighted by Crippen LogP contribution is 2.31. The standard InChI is InChI=1S/C18H36O3S/c1-2-3-4-5-6-7-8-9-10-11-12-17-13-15-18(16-14-17)22(19,20)21/h17-18H,2-16H2,1H3,(H,19,20,21)/p-1. The molecule has 1 aliphatic rings. The molecular weight excluding hydrogens is 296 g/mol. The van der Waals surface area contributed by atoms with Gasteiger partial charge in [0, 0.05) is 5.25 Å². The average Bonchev–Trinajstić information content (AvgIpc) is 2.49. The van der Waals surface area contributed by atoms with Crippen LogP contribution in [0.1, 0.15) is 103 Å². The third-order valence-electron chi connectivity index (χ3n) is 5.17. The quantitative estimate of drug-likeness (QED) is 0.355. The van der Waals surface area contributed by atoms with Gasteiger partial charge in [-0.15, -0.1) is 0 Å². The van der Waals surface area contributed by atoms with E-state index in [0.717, 1.165) is 12.8 Å².